The molecule has 0 saturated carbocycles. The molecule has 0 aromatic heterocycles. The monoisotopic (exact) mass is 445 g/mol. The zero-order valence-electron chi connectivity index (χ0n) is 19.5. The number of phenolic OH excluding ortho intramolecular Hbond substituents is 1. The van der Waals surface area contributed by atoms with Crippen molar-refractivity contribution in [3.63, 3.8) is 0 Å². The summed E-state index contributed by atoms with van der Waals surface area (Å²) in [6.45, 7) is 4.18. The predicted molar refractivity (Wildman–Crippen MR) is 133 cm³/mol. The molecule has 1 aliphatic heterocycles. The van der Waals surface area contributed by atoms with E-state index in [1.165, 1.54) is 48.2 Å². The molecule has 1 saturated heterocycles. The van der Waals surface area contributed by atoms with Crippen LogP contribution >= 0.6 is 0 Å². The minimum absolute atomic E-state index is 0.283. The van der Waals surface area contributed by atoms with Crippen molar-refractivity contribution in [3.8, 4) is 11.5 Å². The third kappa shape index (κ3) is 5.58. The standard InChI is InChI=1S/C28H31NO2.CH4O/c30-24-11-15-27-23(20-24)10-14-26(21-6-2-1-3-7-21)28(27)22-8-12-25(13-9-22)31-19-18-29-16-4-5-17-29;1-2/h1-3,6-9,11-13,15,20,26,28,30H,4-5,10,14,16-19H2;2H,1H3/t26-,28+;/m1./s1. The van der Waals surface area contributed by atoms with E-state index in [1.807, 2.05) is 12.1 Å². The summed E-state index contributed by atoms with van der Waals surface area (Å²) >= 11 is 0. The SMILES string of the molecule is CO.Oc1ccc2c(c1)CC[C@H](c1ccccc1)[C@@H]2c1ccc(OCCN2CCCC2)cc1. The van der Waals surface area contributed by atoms with Crippen molar-refractivity contribution in [2.75, 3.05) is 33.4 Å². The fourth-order valence-electron chi connectivity index (χ4n) is 5.35. The largest absolute Gasteiger partial charge is 0.508 e. The quantitative estimate of drug-likeness (QED) is 0.538. The molecule has 2 atom stereocenters. The van der Waals surface area contributed by atoms with Gasteiger partial charge in [-0.3, -0.25) is 4.90 Å². The van der Waals surface area contributed by atoms with E-state index >= 15 is 0 Å². The number of aromatic hydroxyl groups is 1. The number of aryl methyl sites for hydroxylation is 1. The first-order valence-electron chi connectivity index (χ1n) is 12.0. The van der Waals surface area contributed by atoms with Gasteiger partial charge in [-0.1, -0.05) is 48.5 Å². The maximum absolute atomic E-state index is 10.0. The van der Waals surface area contributed by atoms with E-state index in [1.54, 1.807) is 0 Å². The first kappa shape index (κ1) is 23.3. The fraction of sp³-hybridized carbons (Fsp3) is 0.379. The van der Waals surface area contributed by atoms with Gasteiger partial charge >= 0.3 is 0 Å². The van der Waals surface area contributed by atoms with E-state index < -0.39 is 0 Å². The molecular weight excluding hydrogens is 410 g/mol. The minimum atomic E-state index is 0.283. The number of aliphatic hydroxyl groups excluding tert-OH is 1. The van der Waals surface area contributed by atoms with Crippen molar-refractivity contribution in [2.45, 2.75) is 37.5 Å². The lowest BCUT2D eigenvalue weighted by molar-refractivity contribution is 0.237. The topological polar surface area (TPSA) is 52.9 Å². The Labute approximate surface area is 197 Å². The summed E-state index contributed by atoms with van der Waals surface area (Å²) in [6, 6.07) is 25.4. The highest BCUT2D eigenvalue weighted by atomic mass is 16.5. The maximum Gasteiger partial charge on any atom is 0.119 e. The highest BCUT2D eigenvalue weighted by Crippen LogP contribution is 2.47. The van der Waals surface area contributed by atoms with E-state index in [4.69, 9.17) is 9.84 Å². The zero-order chi connectivity index (χ0) is 23.0. The Kier molecular flexibility index (Phi) is 8.03. The lowest BCUT2D eigenvalue weighted by atomic mass is 9.69. The number of aliphatic hydroxyl groups is 1. The predicted octanol–water partition coefficient (Wildman–Crippen LogP) is 5.34. The van der Waals surface area contributed by atoms with Gasteiger partial charge in [0.2, 0.25) is 0 Å². The van der Waals surface area contributed by atoms with Gasteiger partial charge in [0.1, 0.15) is 18.1 Å². The number of hydrogen-bond donors (Lipinski definition) is 2. The first-order chi connectivity index (χ1) is 16.3. The lowest BCUT2D eigenvalue weighted by Crippen LogP contribution is -2.25. The molecule has 2 N–H and O–H groups in total. The van der Waals surface area contributed by atoms with Gasteiger partial charge in [-0.25, -0.2) is 0 Å². The molecule has 4 nitrogen and oxygen atoms in total. The van der Waals surface area contributed by atoms with E-state index in [0.29, 0.717) is 11.7 Å². The van der Waals surface area contributed by atoms with E-state index in [9.17, 15) is 5.11 Å². The molecule has 1 fully saturated rings. The maximum atomic E-state index is 10.0. The second-order valence-electron chi connectivity index (χ2n) is 8.88. The Morgan fingerprint density at radius 3 is 2.33 bits per heavy atom. The Morgan fingerprint density at radius 2 is 1.61 bits per heavy atom. The molecule has 3 aromatic carbocycles. The minimum Gasteiger partial charge on any atom is -0.508 e. The number of phenols is 1. The highest BCUT2D eigenvalue weighted by molar-refractivity contribution is 5.48. The highest BCUT2D eigenvalue weighted by Gasteiger charge is 2.32. The molecule has 0 unspecified atom stereocenters. The van der Waals surface area contributed by atoms with E-state index in [0.717, 1.165) is 38.9 Å². The molecule has 3 aromatic rings. The molecule has 33 heavy (non-hydrogen) atoms. The fourth-order valence-corrected chi connectivity index (χ4v) is 5.35. The van der Waals surface area contributed by atoms with Gasteiger partial charge in [0.15, 0.2) is 0 Å². The third-order valence-corrected chi connectivity index (χ3v) is 6.93. The van der Waals surface area contributed by atoms with Gasteiger partial charge in [-0.15, -0.1) is 0 Å². The van der Waals surface area contributed by atoms with E-state index in [2.05, 4.69) is 65.6 Å². The van der Waals surface area contributed by atoms with Crippen molar-refractivity contribution in [3.05, 3.63) is 95.1 Å². The summed E-state index contributed by atoms with van der Waals surface area (Å²) in [5.41, 5.74) is 5.30. The number of rotatable bonds is 6. The van der Waals surface area contributed by atoms with E-state index in [-0.39, 0.29) is 5.92 Å². The summed E-state index contributed by atoms with van der Waals surface area (Å²) < 4.78 is 6.03. The molecular formula is C29H35NO3. The van der Waals surface area contributed by atoms with Gasteiger partial charge in [0.05, 0.1) is 0 Å². The number of fused-ring (bicyclic) bond motifs is 1. The second kappa shape index (κ2) is 11.4. The summed E-state index contributed by atoms with van der Waals surface area (Å²) in [5, 5.41) is 17.0. The zero-order valence-corrected chi connectivity index (χ0v) is 19.5. The van der Waals surface area contributed by atoms with Crippen LogP contribution in [0.1, 0.15) is 53.4 Å². The van der Waals surface area contributed by atoms with Gasteiger partial charge in [0.25, 0.3) is 0 Å². The van der Waals surface area contributed by atoms with Crippen LogP contribution in [0, 0.1) is 0 Å². The van der Waals surface area contributed by atoms with Gasteiger partial charge in [-0.05, 0) is 91.2 Å². The number of likely N-dealkylation sites (tertiary alicyclic amines) is 1. The molecule has 2 aliphatic rings. The Hall–Kier alpha value is -2.82. The number of ether oxygens (including phenoxy) is 1. The summed E-state index contributed by atoms with van der Waals surface area (Å²) in [5.74, 6) is 2.02. The number of hydrogen-bond acceptors (Lipinski definition) is 4. The average Bonchev–Trinajstić information content (AvgIpc) is 3.39. The van der Waals surface area contributed by atoms with Crippen LogP contribution in [0.15, 0.2) is 72.8 Å². The van der Waals surface area contributed by atoms with Crippen molar-refractivity contribution in [1.82, 2.24) is 4.90 Å². The first-order valence-corrected chi connectivity index (χ1v) is 12.0. The molecule has 5 rings (SSSR count). The third-order valence-electron chi connectivity index (χ3n) is 6.93. The van der Waals surface area contributed by atoms with Gasteiger partial charge < -0.3 is 14.9 Å². The van der Waals surface area contributed by atoms with Crippen LogP contribution in [0.25, 0.3) is 0 Å². The van der Waals surface area contributed by atoms with Crippen molar-refractivity contribution >= 4 is 0 Å². The van der Waals surface area contributed by atoms with Crippen LogP contribution in [0.3, 0.4) is 0 Å². The molecule has 174 valence electrons. The molecule has 0 spiro atoms. The summed E-state index contributed by atoms with van der Waals surface area (Å²) in [6.07, 6.45) is 4.71. The van der Waals surface area contributed by atoms with Crippen LogP contribution in [0.2, 0.25) is 0 Å². The molecule has 4 heteroatoms. The normalized spacial score (nSPS) is 19.9. The summed E-state index contributed by atoms with van der Waals surface area (Å²) in [7, 11) is 1.00. The second-order valence-corrected chi connectivity index (χ2v) is 8.88. The smallest absolute Gasteiger partial charge is 0.119 e. The van der Waals surface area contributed by atoms with Crippen molar-refractivity contribution in [2.24, 2.45) is 0 Å². The van der Waals surface area contributed by atoms with Crippen LogP contribution in [-0.4, -0.2) is 48.5 Å². The average molecular weight is 446 g/mol. The molecule has 1 aliphatic carbocycles. The molecule has 0 radical (unpaired) electrons. The molecule has 1 heterocycles. The number of benzene rings is 3. The van der Waals surface area contributed by atoms with Crippen LogP contribution in [0.5, 0.6) is 11.5 Å². The van der Waals surface area contributed by atoms with Crippen LogP contribution in [-0.2, 0) is 6.42 Å². The summed E-state index contributed by atoms with van der Waals surface area (Å²) in [4.78, 5) is 2.48. The Balaban J connectivity index is 0.00000126. The Morgan fingerprint density at radius 1 is 0.879 bits per heavy atom. The van der Waals surface area contributed by atoms with Crippen molar-refractivity contribution in [1.29, 1.82) is 0 Å². The molecule has 0 amide bonds. The van der Waals surface area contributed by atoms with Crippen LogP contribution in [0.4, 0.5) is 0 Å². The number of nitrogens with zero attached hydrogens (tertiary/aromatic N) is 1. The van der Waals surface area contributed by atoms with Crippen molar-refractivity contribution < 1.29 is 14.9 Å². The van der Waals surface area contributed by atoms with Gasteiger partial charge in [-0.2, -0.15) is 0 Å². The lowest BCUT2D eigenvalue weighted by Gasteiger charge is -2.35. The van der Waals surface area contributed by atoms with Gasteiger partial charge in [0, 0.05) is 19.6 Å². The Bertz CT molecular complexity index is 997. The molecule has 0 bridgehead atoms. The van der Waals surface area contributed by atoms with Crippen LogP contribution < -0.4 is 4.74 Å².